The minimum Gasteiger partial charge on any atom is -0.391 e. The van der Waals surface area contributed by atoms with Crippen LogP contribution < -0.4 is 9.80 Å². The summed E-state index contributed by atoms with van der Waals surface area (Å²) in [5, 5.41) is 19.8. The van der Waals surface area contributed by atoms with Crippen LogP contribution in [0, 0.1) is 10.8 Å². The van der Waals surface area contributed by atoms with E-state index in [4.69, 9.17) is 23.2 Å². The molecule has 6 aliphatic rings. The zero-order valence-electron chi connectivity index (χ0n) is 37.2. The molecule has 364 valence electrons. The van der Waals surface area contributed by atoms with Crippen LogP contribution in [0.4, 0.5) is 37.7 Å². The average Bonchev–Trinajstić information content (AvgIpc) is 4.20. The first-order valence-electron chi connectivity index (χ1n) is 22.8. The van der Waals surface area contributed by atoms with E-state index in [2.05, 4.69) is 0 Å². The molecular weight excluding hydrogens is 917 g/mol. The highest BCUT2D eigenvalue weighted by atomic mass is 35.5. The SMILES string of the molecule is C[C@@H]1C(=O)N(CCCC(=O)N2CCC3(CC3)[C@H](O)C2)CCN1c1ccc(C(F)(F)F)c(Cl)c1.C[C@H]1C(=O)N(CCCC(=O)N2CCC3(CC3)[C@H](O)C2)CCN1c1ccc(C(F)(F)F)c(Cl)c1. The molecule has 2 aliphatic carbocycles. The van der Waals surface area contributed by atoms with Crippen LogP contribution in [-0.2, 0) is 31.5 Å². The lowest BCUT2D eigenvalue weighted by molar-refractivity contribution is -0.138. The number of hydrogen-bond donors (Lipinski definition) is 2. The van der Waals surface area contributed by atoms with E-state index in [9.17, 15) is 55.7 Å². The number of aliphatic hydroxyl groups excluding tert-OH is 2. The number of carbonyl (C=O) groups is 4. The summed E-state index contributed by atoms with van der Waals surface area (Å²) in [5.41, 5.74) is -0.749. The summed E-state index contributed by atoms with van der Waals surface area (Å²) in [6, 6.07) is 5.97. The third-order valence-electron chi connectivity index (χ3n) is 14.8. The molecule has 4 amide bonds. The van der Waals surface area contributed by atoms with Crippen molar-refractivity contribution in [2.45, 2.75) is 115 Å². The fraction of sp³-hybridized carbons (Fsp3) is 0.652. The molecule has 0 unspecified atom stereocenters. The molecule has 6 fully saturated rings. The second-order valence-corrected chi connectivity index (χ2v) is 19.7. The second-order valence-electron chi connectivity index (χ2n) is 18.9. The fourth-order valence-corrected chi connectivity index (χ4v) is 10.5. The van der Waals surface area contributed by atoms with Gasteiger partial charge in [-0.25, -0.2) is 0 Å². The number of likely N-dealkylation sites (tertiary alicyclic amines) is 2. The first-order valence-corrected chi connectivity index (χ1v) is 23.6. The summed E-state index contributed by atoms with van der Waals surface area (Å²) in [6.45, 7) is 8.22. The Balaban J connectivity index is 0.000000196. The Kier molecular flexibility index (Phi) is 14.8. The summed E-state index contributed by atoms with van der Waals surface area (Å²) >= 11 is 11.7. The van der Waals surface area contributed by atoms with Crippen LogP contribution in [0.3, 0.4) is 0 Å². The number of anilines is 2. The molecule has 0 aromatic heterocycles. The minimum absolute atomic E-state index is 0.00285. The molecule has 8 rings (SSSR count). The summed E-state index contributed by atoms with van der Waals surface area (Å²) in [4.78, 5) is 61.2. The zero-order valence-corrected chi connectivity index (χ0v) is 38.7. The normalized spacial score (nSPS) is 25.0. The summed E-state index contributed by atoms with van der Waals surface area (Å²) in [5.74, 6) is -0.256. The van der Waals surface area contributed by atoms with E-state index >= 15 is 0 Å². The van der Waals surface area contributed by atoms with Crippen molar-refractivity contribution in [3.8, 4) is 0 Å². The number of β-amino-alcohol motifs (C(OH)–C–C–N with tert-alkyl or cyclic N) is 2. The van der Waals surface area contributed by atoms with Crippen molar-refractivity contribution in [1.82, 2.24) is 19.6 Å². The molecule has 12 nitrogen and oxygen atoms in total. The van der Waals surface area contributed by atoms with Crippen molar-refractivity contribution in [3.05, 3.63) is 57.6 Å². The lowest BCUT2D eigenvalue weighted by Crippen LogP contribution is -2.56. The van der Waals surface area contributed by atoms with Gasteiger partial charge in [0.25, 0.3) is 0 Å². The topological polar surface area (TPSA) is 128 Å². The van der Waals surface area contributed by atoms with E-state index in [1.54, 1.807) is 43.2 Å². The van der Waals surface area contributed by atoms with Gasteiger partial charge in [-0.05, 0) is 112 Å². The van der Waals surface area contributed by atoms with E-state index in [1.807, 2.05) is 0 Å². The van der Waals surface area contributed by atoms with Gasteiger partial charge in [-0.1, -0.05) is 23.2 Å². The number of aliphatic hydroxyl groups is 2. The van der Waals surface area contributed by atoms with Gasteiger partial charge in [-0.3, -0.25) is 19.2 Å². The van der Waals surface area contributed by atoms with Gasteiger partial charge >= 0.3 is 12.4 Å². The quantitative estimate of drug-likeness (QED) is 0.242. The maximum Gasteiger partial charge on any atom is 0.417 e. The Bertz CT molecular complexity index is 1990. The van der Waals surface area contributed by atoms with E-state index in [-0.39, 0.29) is 34.5 Å². The molecule has 2 N–H and O–H groups in total. The van der Waals surface area contributed by atoms with E-state index in [1.165, 1.54) is 24.3 Å². The maximum atomic E-state index is 13.0. The number of rotatable bonds is 10. The highest BCUT2D eigenvalue weighted by Crippen LogP contribution is 2.54. The lowest BCUT2D eigenvalue weighted by Gasteiger charge is -2.41. The van der Waals surface area contributed by atoms with Crippen molar-refractivity contribution in [3.63, 3.8) is 0 Å². The molecule has 2 spiro atoms. The van der Waals surface area contributed by atoms with Gasteiger partial charge in [0.15, 0.2) is 0 Å². The minimum atomic E-state index is -4.53. The monoisotopic (exact) mass is 974 g/mol. The number of alkyl halides is 6. The molecule has 4 aliphatic heterocycles. The molecule has 66 heavy (non-hydrogen) atoms. The van der Waals surface area contributed by atoms with Gasteiger partial charge in [0.2, 0.25) is 23.6 Å². The lowest BCUT2D eigenvalue weighted by atomic mass is 9.90. The van der Waals surface area contributed by atoms with Crippen LogP contribution in [0.2, 0.25) is 10.0 Å². The predicted molar refractivity (Wildman–Crippen MR) is 236 cm³/mol. The van der Waals surface area contributed by atoms with Crippen LogP contribution in [0.1, 0.15) is 89.2 Å². The Morgan fingerprint density at radius 1 is 0.606 bits per heavy atom. The number of amides is 4. The van der Waals surface area contributed by atoms with Crippen molar-refractivity contribution < 1.29 is 55.7 Å². The summed E-state index contributed by atoms with van der Waals surface area (Å²) < 4.78 is 77.8. The van der Waals surface area contributed by atoms with E-state index in [0.717, 1.165) is 50.7 Å². The van der Waals surface area contributed by atoms with Gasteiger partial charge in [0.1, 0.15) is 12.1 Å². The number of hydrogen-bond acceptors (Lipinski definition) is 8. The molecule has 0 radical (unpaired) electrons. The summed E-state index contributed by atoms with van der Waals surface area (Å²) in [7, 11) is 0. The smallest absolute Gasteiger partial charge is 0.391 e. The van der Waals surface area contributed by atoms with Crippen LogP contribution in [-0.4, -0.2) is 143 Å². The highest BCUT2D eigenvalue weighted by Gasteiger charge is 2.53. The Hall–Kier alpha value is -4.00. The van der Waals surface area contributed by atoms with Crippen LogP contribution in [0.5, 0.6) is 0 Å². The van der Waals surface area contributed by atoms with Gasteiger partial charge < -0.3 is 39.6 Å². The van der Waals surface area contributed by atoms with Gasteiger partial charge in [-0.15, -0.1) is 0 Å². The van der Waals surface area contributed by atoms with Gasteiger partial charge in [0.05, 0.1) is 33.4 Å². The van der Waals surface area contributed by atoms with E-state index < -0.39 is 57.8 Å². The molecule has 4 saturated heterocycles. The van der Waals surface area contributed by atoms with Gasteiger partial charge in [0, 0.05) is 89.7 Å². The van der Waals surface area contributed by atoms with Crippen molar-refractivity contribution >= 4 is 58.2 Å². The molecule has 20 heteroatoms. The van der Waals surface area contributed by atoms with Crippen LogP contribution in [0.15, 0.2) is 36.4 Å². The molecule has 2 saturated carbocycles. The Morgan fingerprint density at radius 2 is 0.970 bits per heavy atom. The molecular formula is C46H58Cl2F6N6O6. The predicted octanol–water partition coefficient (Wildman–Crippen LogP) is 7.10. The third kappa shape index (κ3) is 11.0. The van der Waals surface area contributed by atoms with Gasteiger partial charge in [-0.2, -0.15) is 26.3 Å². The first-order chi connectivity index (χ1) is 31.0. The number of carbonyl (C=O) groups excluding carboxylic acids is 4. The average molecular weight is 976 g/mol. The number of piperazine rings is 2. The summed E-state index contributed by atoms with van der Waals surface area (Å²) in [6.07, 6.45) is -2.37. The second kappa shape index (κ2) is 19.5. The number of halogens is 8. The number of benzene rings is 2. The van der Waals surface area contributed by atoms with Crippen molar-refractivity contribution in [2.75, 3.05) is 75.2 Å². The van der Waals surface area contributed by atoms with Crippen molar-refractivity contribution in [2.24, 2.45) is 10.8 Å². The molecule has 4 heterocycles. The van der Waals surface area contributed by atoms with Crippen LogP contribution >= 0.6 is 23.2 Å². The molecule has 2 aromatic rings. The highest BCUT2D eigenvalue weighted by molar-refractivity contribution is 6.32. The third-order valence-corrected chi connectivity index (χ3v) is 15.4. The Labute approximate surface area is 390 Å². The molecule has 0 bridgehead atoms. The molecule has 4 atom stereocenters. The van der Waals surface area contributed by atoms with Crippen molar-refractivity contribution in [1.29, 1.82) is 0 Å². The molecule has 2 aromatic carbocycles. The zero-order chi connectivity index (χ0) is 47.9. The number of piperidine rings is 2. The number of nitrogens with zero attached hydrogens (tertiary/aromatic N) is 6. The largest absolute Gasteiger partial charge is 0.417 e. The Morgan fingerprint density at radius 3 is 1.27 bits per heavy atom. The first kappa shape index (κ1) is 49.9. The fourth-order valence-electron chi connectivity index (χ4n) is 9.97. The van der Waals surface area contributed by atoms with E-state index in [0.29, 0.717) is 103 Å². The standard InChI is InChI=1S/2C23H29ClF3N3O3/c2*1-15-21(33)28(9-2-3-20(32)29-10-8-22(6-7-22)19(31)14-29)11-12-30(15)16-4-5-17(18(24)13-16)23(25,26)27/h2*4-5,13,15,19,31H,2-3,6-12,14H2,1H3/t15-,19+;15-,19-/m01/s1. The van der Waals surface area contributed by atoms with Crippen LogP contribution in [0.25, 0.3) is 0 Å². The maximum absolute atomic E-state index is 13.0.